The first-order valence-corrected chi connectivity index (χ1v) is 12.8. The largest absolute Gasteiger partial charge is 0.463 e. The fourth-order valence-electron chi connectivity index (χ4n) is 4.12. The molecule has 0 bridgehead atoms. The molecular formula is C24H28N4O10S. The van der Waals surface area contributed by atoms with Gasteiger partial charge in [-0.15, -0.1) is 11.3 Å². The number of fused-ring (bicyclic) bond motifs is 1. The predicted molar refractivity (Wildman–Crippen MR) is 135 cm³/mol. The van der Waals surface area contributed by atoms with E-state index in [9.17, 15) is 19.2 Å². The number of aromatic nitrogens is 4. The third kappa shape index (κ3) is 6.33. The van der Waals surface area contributed by atoms with Crippen LogP contribution < -0.4 is 5.56 Å². The van der Waals surface area contributed by atoms with Crippen LogP contribution in [0.1, 0.15) is 27.0 Å². The Morgan fingerprint density at radius 3 is 2.46 bits per heavy atom. The van der Waals surface area contributed by atoms with E-state index in [0.29, 0.717) is 17.3 Å². The van der Waals surface area contributed by atoms with Crippen molar-refractivity contribution in [1.82, 2.24) is 19.1 Å². The van der Waals surface area contributed by atoms with Gasteiger partial charge in [-0.2, -0.15) is 0 Å². The molecule has 3 aromatic heterocycles. The maximum absolute atomic E-state index is 13.3. The Balaban J connectivity index is 1.83. The van der Waals surface area contributed by atoms with Gasteiger partial charge in [-0.25, -0.2) is 9.97 Å². The van der Waals surface area contributed by atoms with Crippen molar-refractivity contribution >= 4 is 40.4 Å². The molecule has 0 unspecified atom stereocenters. The fourth-order valence-corrected chi connectivity index (χ4v) is 4.83. The molecule has 4 rings (SSSR count). The summed E-state index contributed by atoms with van der Waals surface area (Å²) in [6.07, 6.45) is -3.12. The molecule has 1 aliphatic heterocycles. The molecule has 39 heavy (non-hydrogen) atoms. The van der Waals surface area contributed by atoms with Gasteiger partial charge in [0.15, 0.2) is 35.4 Å². The average molecular weight is 565 g/mol. The summed E-state index contributed by atoms with van der Waals surface area (Å²) in [5, 5.41) is 1.83. The van der Waals surface area contributed by atoms with Crippen LogP contribution in [0.5, 0.6) is 0 Å². The molecule has 0 aliphatic carbocycles. The van der Waals surface area contributed by atoms with E-state index >= 15 is 0 Å². The van der Waals surface area contributed by atoms with Crippen LogP contribution in [-0.2, 0) is 49.5 Å². The van der Waals surface area contributed by atoms with Crippen molar-refractivity contribution in [2.24, 2.45) is 0 Å². The third-order valence-electron chi connectivity index (χ3n) is 5.67. The van der Waals surface area contributed by atoms with E-state index in [0.717, 1.165) is 0 Å². The van der Waals surface area contributed by atoms with E-state index in [-0.39, 0.29) is 31.1 Å². The lowest BCUT2D eigenvalue weighted by Gasteiger charge is -2.24. The van der Waals surface area contributed by atoms with Crippen molar-refractivity contribution in [3.05, 3.63) is 34.2 Å². The molecule has 1 saturated heterocycles. The highest BCUT2D eigenvalue weighted by atomic mass is 32.1. The minimum Gasteiger partial charge on any atom is -0.463 e. The lowest BCUT2D eigenvalue weighted by Crippen LogP contribution is -2.40. The highest BCUT2D eigenvalue weighted by Crippen LogP contribution is 2.39. The molecule has 0 N–H and O–H groups in total. The second-order valence-corrected chi connectivity index (χ2v) is 9.47. The molecular weight excluding hydrogens is 536 g/mol. The molecule has 0 saturated carbocycles. The minimum atomic E-state index is -1.18. The minimum absolute atomic E-state index is 0.0221. The first kappa shape index (κ1) is 28.4. The molecule has 1 aliphatic rings. The fraction of sp³-hybridized carbons (Fsp3) is 0.500. The number of methoxy groups -OCH3 is 1. The number of imidazole rings is 1. The van der Waals surface area contributed by atoms with Crippen LogP contribution in [0.15, 0.2) is 28.6 Å². The van der Waals surface area contributed by atoms with Gasteiger partial charge in [-0.05, 0) is 11.4 Å². The molecule has 0 amide bonds. The van der Waals surface area contributed by atoms with Gasteiger partial charge in [0.1, 0.15) is 25.8 Å². The average Bonchev–Trinajstić information content (AvgIpc) is 3.60. The Kier molecular flexibility index (Phi) is 9.06. The zero-order chi connectivity index (χ0) is 28.1. The van der Waals surface area contributed by atoms with Crippen LogP contribution in [-0.4, -0.2) is 82.3 Å². The Bertz CT molecular complexity index is 1390. The van der Waals surface area contributed by atoms with E-state index in [2.05, 4.69) is 9.97 Å². The van der Waals surface area contributed by atoms with Crippen LogP contribution in [0.2, 0.25) is 0 Å². The Morgan fingerprint density at radius 2 is 1.82 bits per heavy atom. The van der Waals surface area contributed by atoms with E-state index in [1.54, 1.807) is 13.2 Å². The topological polar surface area (TPSA) is 159 Å². The third-order valence-corrected chi connectivity index (χ3v) is 6.53. The molecule has 1 fully saturated rings. The lowest BCUT2D eigenvalue weighted by atomic mass is 10.1. The van der Waals surface area contributed by atoms with Gasteiger partial charge in [0.05, 0.1) is 18.1 Å². The van der Waals surface area contributed by atoms with Crippen molar-refractivity contribution in [1.29, 1.82) is 0 Å². The highest BCUT2D eigenvalue weighted by molar-refractivity contribution is 7.13. The van der Waals surface area contributed by atoms with E-state index < -0.39 is 48.0 Å². The van der Waals surface area contributed by atoms with Gasteiger partial charge < -0.3 is 28.4 Å². The SMILES string of the molecule is COCCOCn1cnc2c(nc(-c3cccs3)n2[C@@H]2O[C@H](COC(C)=O)[C@@H](OC(C)=O)[C@H]2OC(C)=O)c1=O. The van der Waals surface area contributed by atoms with Crippen LogP contribution in [0.4, 0.5) is 0 Å². The van der Waals surface area contributed by atoms with Crippen LogP contribution in [0.3, 0.4) is 0 Å². The number of thiophene rings is 1. The van der Waals surface area contributed by atoms with Crippen LogP contribution in [0, 0.1) is 0 Å². The van der Waals surface area contributed by atoms with E-state index in [4.69, 9.17) is 28.4 Å². The second kappa shape index (κ2) is 12.5. The monoisotopic (exact) mass is 564 g/mol. The normalized spacial score (nSPS) is 20.7. The first-order chi connectivity index (χ1) is 18.7. The first-order valence-electron chi connectivity index (χ1n) is 11.9. The quantitative estimate of drug-likeness (QED) is 0.187. The highest BCUT2D eigenvalue weighted by Gasteiger charge is 2.51. The number of carbonyl (C=O) groups is 3. The van der Waals surface area contributed by atoms with Crippen molar-refractivity contribution in [3.63, 3.8) is 0 Å². The maximum Gasteiger partial charge on any atom is 0.303 e. The van der Waals surface area contributed by atoms with Crippen molar-refractivity contribution < 1.29 is 42.8 Å². The van der Waals surface area contributed by atoms with Crippen LogP contribution in [0.25, 0.3) is 21.9 Å². The number of carbonyl (C=O) groups excluding carboxylic acids is 3. The summed E-state index contributed by atoms with van der Waals surface area (Å²) >= 11 is 1.36. The summed E-state index contributed by atoms with van der Waals surface area (Å²) in [5.41, 5.74) is -0.300. The molecule has 3 aromatic rings. The number of ether oxygens (including phenoxy) is 6. The van der Waals surface area contributed by atoms with Gasteiger partial charge in [0, 0.05) is 27.9 Å². The van der Waals surface area contributed by atoms with Gasteiger partial charge in [0.25, 0.3) is 5.56 Å². The van der Waals surface area contributed by atoms with Crippen molar-refractivity contribution in [2.45, 2.75) is 52.0 Å². The summed E-state index contributed by atoms with van der Waals surface area (Å²) in [5.74, 6) is -1.57. The maximum atomic E-state index is 13.3. The summed E-state index contributed by atoms with van der Waals surface area (Å²) < 4.78 is 35.6. The standard InChI is InChI=1S/C24H28N4O10S/c1-13(29)35-10-16-19(36-14(2)30)20(37-15(3)31)24(38-16)28-21(17-6-5-9-39-17)26-18-22(28)25-11-27(23(18)32)12-34-8-7-33-4/h5-6,9,11,16,19-20,24H,7-8,10,12H2,1-4H3/t16-,19-,20-,24-/m1/s1. The Morgan fingerprint density at radius 1 is 1.08 bits per heavy atom. The van der Waals surface area contributed by atoms with E-state index in [1.807, 2.05) is 11.4 Å². The number of esters is 3. The molecule has 0 aromatic carbocycles. The predicted octanol–water partition coefficient (Wildman–Crippen LogP) is 1.27. The number of nitrogens with zero attached hydrogens (tertiary/aromatic N) is 4. The molecule has 210 valence electrons. The van der Waals surface area contributed by atoms with E-state index in [1.165, 1.54) is 47.6 Å². The molecule has 15 heteroatoms. The molecule has 0 spiro atoms. The van der Waals surface area contributed by atoms with Crippen molar-refractivity contribution in [3.8, 4) is 10.7 Å². The second-order valence-electron chi connectivity index (χ2n) is 8.52. The molecule has 0 radical (unpaired) electrons. The molecule has 4 heterocycles. The van der Waals surface area contributed by atoms with Gasteiger partial charge in [-0.3, -0.25) is 28.3 Å². The summed E-state index contributed by atoms with van der Waals surface area (Å²) in [4.78, 5) is 58.7. The smallest absolute Gasteiger partial charge is 0.303 e. The van der Waals surface area contributed by atoms with Gasteiger partial charge >= 0.3 is 17.9 Å². The zero-order valence-corrected chi connectivity index (χ0v) is 22.5. The zero-order valence-electron chi connectivity index (χ0n) is 21.7. The molecule has 4 atom stereocenters. The summed E-state index contributed by atoms with van der Waals surface area (Å²) in [7, 11) is 1.54. The summed E-state index contributed by atoms with van der Waals surface area (Å²) in [6, 6.07) is 3.60. The summed E-state index contributed by atoms with van der Waals surface area (Å²) in [6.45, 7) is 3.91. The van der Waals surface area contributed by atoms with Crippen molar-refractivity contribution in [2.75, 3.05) is 26.9 Å². The van der Waals surface area contributed by atoms with Crippen LogP contribution >= 0.6 is 11.3 Å². The Hall–Kier alpha value is -3.66. The molecule has 14 nitrogen and oxygen atoms in total. The Labute approximate surface area is 226 Å². The number of hydrogen-bond acceptors (Lipinski definition) is 13. The number of hydrogen-bond donors (Lipinski definition) is 0. The van der Waals surface area contributed by atoms with Gasteiger partial charge in [-0.1, -0.05) is 6.07 Å². The lowest BCUT2D eigenvalue weighted by molar-refractivity contribution is -0.166. The van der Waals surface area contributed by atoms with Gasteiger partial charge in [0.2, 0.25) is 0 Å². The number of rotatable bonds is 11.